The van der Waals surface area contributed by atoms with Gasteiger partial charge in [-0.3, -0.25) is 4.79 Å². The zero-order valence-electron chi connectivity index (χ0n) is 17.1. The average molecular weight is 420 g/mol. The van der Waals surface area contributed by atoms with Gasteiger partial charge >= 0.3 is 0 Å². The molecular weight excluding hydrogens is 398 g/mol. The number of carbonyl (C=O) groups is 1. The molecule has 0 aromatic heterocycles. The van der Waals surface area contributed by atoms with E-state index in [0.29, 0.717) is 12.0 Å². The number of amides is 1. The Labute approximate surface area is 179 Å². The topological polar surface area (TPSA) is 41.9 Å². The minimum atomic E-state index is -0.501. The van der Waals surface area contributed by atoms with Gasteiger partial charge in [0.15, 0.2) is 6.10 Å². The van der Waals surface area contributed by atoms with Gasteiger partial charge < -0.3 is 9.74 Å². The molecule has 0 saturated carbocycles. The molecule has 0 aliphatic carbocycles. The Morgan fingerprint density at radius 3 is 2.61 bits per heavy atom. The van der Waals surface area contributed by atoms with Gasteiger partial charge in [0.25, 0.3) is 5.91 Å². The minimum Gasteiger partial charge on any atom is -0.390 e. The van der Waals surface area contributed by atoms with E-state index in [4.69, 9.17) is 4.84 Å². The van der Waals surface area contributed by atoms with Crippen molar-refractivity contribution >= 4 is 11.6 Å². The number of oxime groups is 1. The number of aryl methyl sites for hydroxylation is 1. The van der Waals surface area contributed by atoms with Crippen molar-refractivity contribution in [3.8, 4) is 0 Å². The van der Waals surface area contributed by atoms with Gasteiger partial charge in [-0.15, -0.1) is 0 Å². The lowest BCUT2D eigenvalue weighted by Gasteiger charge is -2.25. The molecule has 1 aliphatic heterocycles. The predicted octanol–water partition coefficient (Wildman–Crippen LogP) is 5.11. The van der Waals surface area contributed by atoms with Crippen LogP contribution in [0, 0.1) is 18.6 Å². The van der Waals surface area contributed by atoms with E-state index < -0.39 is 17.5 Å². The second kappa shape index (κ2) is 9.08. The summed E-state index contributed by atoms with van der Waals surface area (Å²) in [4.78, 5) is 20.2. The molecule has 6 heteroatoms. The van der Waals surface area contributed by atoms with Gasteiger partial charge in [0, 0.05) is 29.7 Å². The van der Waals surface area contributed by atoms with Crippen molar-refractivity contribution in [1.29, 1.82) is 0 Å². The van der Waals surface area contributed by atoms with Gasteiger partial charge in [-0.1, -0.05) is 53.7 Å². The van der Waals surface area contributed by atoms with E-state index >= 15 is 0 Å². The molecule has 1 heterocycles. The summed E-state index contributed by atoms with van der Waals surface area (Å²) in [6.45, 7) is 2.24. The normalized spacial score (nSPS) is 15.3. The van der Waals surface area contributed by atoms with Crippen molar-refractivity contribution in [2.75, 3.05) is 6.54 Å². The van der Waals surface area contributed by atoms with Crippen LogP contribution >= 0.6 is 0 Å². The Bertz CT molecular complexity index is 1130. The summed E-state index contributed by atoms with van der Waals surface area (Å²) in [7, 11) is 0. The van der Waals surface area contributed by atoms with Crippen LogP contribution in [0.25, 0.3) is 0 Å². The van der Waals surface area contributed by atoms with Crippen molar-refractivity contribution in [1.82, 2.24) is 4.90 Å². The molecular formula is C25H22F2N2O2. The lowest BCUT2D eigenvalue weighted by atomic mass is 10.00. The van der Waals surface area contributed by atoms with Crippen LogP contribution in [0.15, 0.2) is 78.0 Å². The van der Waals surface area contributed by atoms with Crippen LogP contribution in [-0.4, -0.2) is 29.2 Å². The molecule has 1 atom stereocenters. The molecule has 3 aromatic carbocycles. The molecule has 3 aromatic rings. The van der Waals surface area contributed by atoms with Crippen LogP contribution in [-0.2, 0) is 11.4 Å². The Balaban J connectivity index is 1.54. The van der Waals surface area contributed by atoms with Crippen molar-refractivity contribution in [3.63, 3.8) is 0 Å². The molecule has 1 amide bonds. The van der Waals surface area contributed by atoms with Crippen molar-refractivity contribution in [3.05, 3.63) is 107 Å². The molecule has 158 valence electrons. The summed E-state index contributed by atoms with van der Waals surface area (Å²) in [6, 6.07) is 19.7. The summed E-state index contributed by atoms with van der Waals surface area (Å²) >= 11 is 0. The second-order valence-electron chi connectivity index (χ2n) is 7.57. The van der Waals surface area contributed by atoms with E-state index in [1.54, 1.807) is 24.3 Å². The van der Waals surface area contributed by atoms with E-state index in [2.05, 4.69) is 5.16 Å². The van der Waals surface area contributed by atoms with Crippen molar-refractivity contribution in [2.45, 2.75) is 26.0 Å². The fraction of sp³-hybridized carbons (Fsp3) is 0.200. The second-order valence-corrected chi connectivity index (χ2v) is 7.57. The Morgan fingerprint density at radius 2 is 1.84 bits per heavy atom. The third-order valence-corrected chi connectivity index (χ3v) is 5.29. The number of carbonyl (C=O) groups excluding carboxylic acids is 1. The highest BCUT2D eigenvalue weighted by atomic mass is 19.1. The molecule has 0 radical (unpaired) electrons. The molecule has 0 N–H and O–H groups in total. The van der Waals surface area contributed by atoms with Crippen molar-refractivity contribution in [2.24, 2.45) is 5.16 Å². The van der Waals surface area contributed by atoms with Crippen LogP contribution in [0.1, 0.15) is 33.5 Å². The number of hydrogen-bond acceptors (Lipinski definition) is 3. The molecule has 4 nitrogen and oxygen atoms in total. The first-order chi connectivity index (χ1) is 15.0. The molecule has 0 fully saturated rings. The SMILES string of the molecule is Cc1ccccc1C1=NOC(CN(Cc2ccccc2F)C(=O)c2cccc(F)c2)C1. The first-order valence-electron chi connectivity index (χ1n) is 10.1. The molecule has 4 rings (SSSR count). The van der Waals surface area contributed by atoms with Gasteiger partial charge in [0.2, 0.25) is 0 Å². The Morgan fingerprint density at radius 1 is 1.06 bits per heavy atom. The van der Waals surface area contributed by atoms with E-state index in [1.807, 2.05) is 31.2 Å². The number of rotatable bonds is 6. The quantitative estimate of drug-likeness (QED) is 0.556. The van der Waals surface area contributed by atoms with Gasteiger partial charge in [-0.2, -0.15) is 0 Å². The van der Waals surface area contributed by atoms with E-state index in [1.165, 1.54) is 29.2 Å². The van der Waals surface area contributed by atoms with Gasteiger partial charge in [-0.05, 0) is 36.8 Å². The number of hydrogen-bond donors (Lipinski definition) is 0. The molecule has 0 saturated heterocycles. The summed E-state index contributed by atoms with van der Waals surface area (Å²) in [6.07, 6.45) is 0.147. The number of nitrogens with zero attached hydrogens (tertiary/aromatic N) is 2. The summed E-state index contributed by atoms with van der Waals surface area (Å²) in [5.74, 6) is -1.29. The highest BCUT2D eigenvalue weighted by Gasteiger charge is 2.28. The maximum absolute atomic E-state index is 14.3. The molecule has 1 aliphatic rings. The molecule has 31 heavy (non-hydrogen) atoms. The zero-order chi connectivity index (χ0) is 21.8. The average Bonchev–Trinajstić information content (AvgIpc) is 3.23. The standard InChI is InChI=1S/C25H22F2N2O2/c1-17-7-2-4-11-22(17)24-14-21(31-28-24)16-29(15-19-8-3-5-12-23(19)27)25(30)18-9-6-10-20(26)13-18/h2-13,21H,14-16H2,1H3. The minimum absolute atomic E-state index is 0.0432. The lowest BCUT2D eigenvalue weighted by Crippen LogP contribution is -2.37. The molecule has 0 bridgehead atoms. The largest absolute Gasteiger partial charge is 0.390 e. The fourth-order valence-corrected chi connectivity index (χ4v) is 3.68. The van der Waals surface area contributed by atoms with Gasteiger partial charge in [0.1, 0.15) is 11.6 Å². The predicted molar refractivity (Wildman–Crippen MR) is 115 cm³/mol. The summed E-state index contributed by atoms with van der Waals surface area (Å²) in [5, 5.41) is 4.22. The van der Waals surface area contributed by atoms with Gasteiger partial charge in [0.05, 0.1) is 12.3 Å². The Kier molecular flexibility index (Phi) is 6.07. The zero-order valence-corrected chi connectivity index (χ0v) is 17.1. The molecule has 1 unspecified atom stereocenters. The third-order valence-electron chi connectivity index (χ3n) is 5.29. The highest BCUT2D eigenvalue weighted by molar-refractivity contribution is 6.02. The van der Waals surface area contributed by atoms with E-state index in [9.17, 15) is 13.6 Å². The number of benzene rings is 3. The smallest absolute Gasteiger partial charge is 0.254 e. The summed E-state index contributed by atoms with van der Waals surface area (Å²) < 4.78 is 28.0. The summed E-state index contributed by atoms with van der Waals surface area (Å²) in [5.41, 5.74) is 3.48. The monoisotopic (exact) mass is 420 g/mol. The first kappa shape index (κ1) is 20.7. The van der Waals surface area contributed by atoms with Crippen LogP contribution in [0.4, 0.5) is 8.78 Å². The van der Waals surface area contributed by atoms with Crippen molar-refractivity contribution < 1.29 is 18.4 Å². The van der Waals surface area contributed by atoms with E-state index in [-0.39, 0.29) is 24.8 Å². The highest BCUT2D eigenvalue weighted by Crippen LogP contribution is 2.22. The number of halogens is 2. The van der Waals surface area contributed by atoms with E-state index in [0.717, 1.165) is 16.8 Å². The maximum Gasteiger partial charge on any atom is 0.254 e. The third kappa shape index (κ3) is 4.79. The lowest BCUT2D eigenvalue weighted by molar-refractivity contribution is 0.0402. The fourth-order valence-electron chi connectivity index (χ4n) is 3.68. The van der Waals surface area contributed by atoms with Crippen LogP contribution in [0.5, 0.6) is 0 Å². The maximum atomic E-state index is 14.3. The first-order valence-corrected chi connectivity index (χ1v) is 10.1. The van der Waals surface area contributed by atoms with Crippen LogP contribution < -0.4 is 0 Å². The molecule has 0 spiro atoms. The Hall–Kier alpha value is -3.54. The van der Waals surface area contributed by atoms with Crippen LogP contribution in [0.2, 0.25) is 0 Å². The van der Waals surface area contributed by atoms with Gasteiger partial charge in [-0.25, -0.2) is 8.78 Å². The van der Waals surface area contributed by atoms with Crippen LogP contribution in [0.3, 0.4) is 0 Å².